The van der Waals surface area contributed by atoms with Crippen LogP contribution in [0.15, 0.2) is 77.8 Å². The maximum atomic E-state index is 13.0. The first-order valence-corrected chi connectivity index (χ1v) is 11.1. The van der Waals surface area contributed by atoms with Crippen molar-refractivity contribution in [1.82, 2.24) is 4.90 Å². The summed E-state index contributed by atoms with van der Waals surface area (Å²) in [5.74, 6) is -0.880. The van der Waals surface area contributed by atoms with E-state index in [9.17, 15) is 19.7 Å². The fourth-order valence-corrected chi connectivity index (χ4v) is 4.45. The maximum absolute atomic E-state index is 13.0. The van der Waals surface area contributed by atoms with Crippen LogP contribution >= 0.6 is 0 Å². The number of nitro benzene ring substituents is 1. The van der Waals surface area contributed by atoms with Gasteiger partial charge >= 0.3 is 0 Å². The molecule has 8 nitrogen and oxygen atoms in total. The highest BCUT2D eigenvalue weighted by Gasteiger charge is 2.36. The Bertz CT molecular complexity index is 1300. The smallest absolute Gasteiger partial charge is 0.269 e. The number of hydrogen-bond acceptors (Lipinski definition) is 5. The highest BCUT2D eigenvalue weighted by atomic mass is 16.6. The number of amides is 2. The van der Waals surface area contributed by atoms with Crippen LogP contribution in [0.4, 0.5) is 17.1 Å². The number of nitro groups is 1. The number of carbonyl (C=O) groups excluding carboxylic acids is 2. The van der Waals surface area contributed by atoms with Crippen molar-refractivity contribution in [3.8, 4) is 0 Å². The SMILES string of the molecule is O=C1Nc2ccc([N+](=O)[O-])cc2C1C(=Nc1ccc(CN2CCCC2=O)cc1)c1ccccc1. The minimum atomic E-state index is -0.779. The van der Waals surface area contributed by atoms with Gasteiger partial charge in [0.2, 0.25) is 11.8 Å². The summed E-state index contributed by atoms with van der Waals surface area (Å²) >= 11 is 0. The van der Waals surface area contributed by atoms with Crippen molar-refractivity contribution in [2.75, 3.05) is 11.9 Å². The lowest BCUT2D eigenvalue weighted by atomic mass is 9.90. The van der Waals surface area contributed by atoms with Gasteiger partial charge in [0.25, 0.3) is 5.69 Å². The highest BCUT2D eigenvalue weighted by Crippen LogP contribution is 2.38. The number of rotatable bonds is 6. The van der Waals surface area contributed by atoms with E-state index in [0.717, 1.165) is 24.1 Å². The number of nitrogens with zero attached hydrogens (tertiary/aromatic N) is 3. The second kappa shape index (κ2) is 8.90. The molecule has 3 aromatic carbocycles. The number of carbonyl (C=O) groups is 2. The molecule has 8 heteroatoms. The summed E-state index contributed by atoms with van der Waals surface area (Å²) in [7, 11) is 0. The number of hydrogen-bond donors (Lipinski definition) is 1. The fourth-order valence-electron chi connectivity index (χ4n) is 4.45. The minimum absolute atomic E-state index is 0.0755. The van der Waals surface area contributed by atoms with Gasteiger partial charge in [-0.2, -0.15) is 0 Å². The predicted molar refractivity (Wildman–Crippen MR) is 128 cm³/mol. The monoisotopic (exact) mass is 454 g/mol. The lowest BCUT2D eigenvalue weighted by Crippen LogP contribution is -2.23. The molecular formula is C26H22N4O4. The fraction of sp³-hybridized carbons (Fsp3) is 0.192. The minimum Gasteiger partial charge on any atom is -0.338 e. The van der Waals surface area contributed by atoms with Gasteiger partial charge in [0, 0.05) is 42.9 Å². The van der Waals surface area contributed by atoms with Crippen molar-refractivity contribution in [3.63, 3.8) is 0 Å². The summed E-state index contributed by atoms with van der Waals surface area (Å²) in [6.45, 7) is 1.34. The summed E-state index contributed by atoms with van der Waals surface area (Å²) in [6, 6.07) is 21.3. The zero-order valence-electron chi connectivity index (χ0n) is 18.3. The van der Waals surface area contributed by atoms with E-state index in [1.165, 1.54) is 12.1 Å². The van der Waals surface area contributed by atoms with Crippen molar-refractivity contribution in [1.29, 1.82) is 0 Å². The zero-order chi connectivity index (χ0) is 23.7. The van der Waals surface area contributed by atoms with E-state index in [-0.39, 0.29) is 17.5 Å². The Labute approximate surface area is 196 Å². The number of fused-ring (bicyclic) bond motifs is 1. The molecule has 1 unspecified atom stereocenters. The van der Waals surface area contributed by atoms with E-state index in [2.05, 4.69) is 5.32 Å². The zero-order valence-corrected chi connectivity index (χ0v) is 18.3. The molecule has 1 fully saturated rings. The molecule has 0 bridgehead atoms. The topological polar surface area (TPSA) is 105 Å². The summed E-state index contributed by atoms with van der Waals surface area (Å²) < 4.78 is 0. The van der Waals surface area contributed by atoms with Crippen LogP contribution in [0, 0.1) is 10.1 Å². The molecule has 2 aliphatic rings. The first-order chi connectivity index (χ1) is 16.5. The lowest BCUT2D eigenvalue weighted by molar-refractivity contribution is -0.384. The Hall–Kier alpha value is -4.33. The van der Waals surface area contributed by atoms with Gasteiger partial charge in [-0.05, 0) is 35.7 Å². The molecule has 1 saturated heterocycles. The van der Waals surface area contributed by atoms with Crippen LogP contribution in [0.3, 0.4) is 0 Å². The summed E-state index contributed by atoms with van der Waals surface area (Å²) in [4.78, 5) is 42.5. The third-order valence-electron chi connectivity index (χ3n) is 6.15. The molecule has 3 aromatic rings. The third-order valence-corrected chi connectivity index (χ3v) is 6.15. The Balaban J connectivity index is 1.52. The van der Waals surface area contributed by atoms with E-state index in [0.29, 0.717) is 35.6 Å². The number of benzene rings is 3. The van der Waals surface area contributed by atoms with Crippen molar-refractivity contribution in [3.05, 3.63) is 99.6 Å². The molecular weight excluding hydrogens is 432 g/mol. The number of nitrogens with one attached hydrogen (secondary N) is 1. The third kappa shape index (κ3) is 4.17. The first-order valence-electron chi connectivity index (χ1n) is 11.1. The normalized spacial score (nSPS) is 17.6. The summed E-state index contributed by atoms with van der Waals surface area (Å²) in [5.41, 5.74) is 3.94. The van der Waals surface area contributed by atoms with E-state index >= 15 is 0 Å². The number of likely N-dealkylation sites (tertiary alicyclic amines) is 1. The molecule has 0 saturated carbocycles. The molecule has 0 radical (unpaired) electrons. The molecule has 0 aromatic heterocycles. The molecule has 2 aliphatic heterocycles. The molecule has 0 spiro atoms. The Morgan fingerprint density at radius 2 is 1.82 bits per heavy atom. The molecule has 5 rings (SSSR count). The molecule has 1 atom stereocenters. The molecule has 0 aliphatic carbocycles. The first kappa shape index (κ1) is 21.5. The molecule has 34 heavy (non-hydrogen) atoms. The second-order valence-corrected chi connectivity index (χ2v) is 8.40. The Morgan fingerprint density at radius 3 is 2.50 bits per heavy atom. The van der Waals surface area contributed by atoms with Crippen LogP contribution in [0.2, 0.25) is 0 Å². The standard InChI is InChI=1S/C26H22N4O4/c31-23-7-4-14-29(23)16-17-8-10-19(11-9-17)27-25(18-5-2-1-3-6-18)24-21-15-20(30(33)34)12-13-22(21)28-26(24)32/h1-3,5-6,8-13,15,24H,4,7,14,16H2,(H,28,32). The van der Waals surface area contributed by atoms with E-state index in [1.807, 2.05) is 59.5 Å². The average Bonchev–Trinajstić information content (AvgIpc) is 3.40. The van der Waals surface area contributed by atoms with Crippen LogP contribution in [-0.2, 0) is 16.1 Å². The van der Waals surface area contributed by atoms with Crippen LogP contribution in [0.5, 0.6) is 0 Å². The van der Waals surface area contributed by atoms with Gasteiger partial charge in [-0.1, -0.05) is 42.5 Å². The quantitative estimate of drug-likeness (QED) is 0.334. The van der Waals surface area contributed by atoms with Gasteiger partial charge in [0.15, 0.2) is 0 Å². The van der Waals surface area contributed by atoms with E-state index in [1.54, 1.807) is 6.07 Å². The Morgan fingerprint density at radius 1 is 1.06 bits per heavy atom. The summed E-state index contributed by atoms with van der Waals surface area (Å²) in [5, 5.41) is 14.2. The van der Waals surface area contributed by atoms with Crippen LogP contribution in [0.25, 0.3) is 0 Å². The van der Waals surface area contributed by atoms with Crippen molar-refractivity contribution < 1.29 is 14.5 Å². The van der Waals surface area contributed by atoms with Crippen LogP contribution < -0.4 is 5.32 Å². The van der Waals surface area contributed by atoms with Gasteiger partial charge in [0.05, 0.1) is 16.3 Å². The van der Waals surface area contributed by atoms with Gasteiger partial charge in [-0.3, -0.25) is 24.7 Å². The maximum Gasteiger partial charge on any atom is 0.269 e. The van der Waals surface area contributed by atoms with Gasteiger partial charge < -0.3 is 10.2 Å². The van der Waals surface area contributed by atoms with Crippen molar-refractivity contribution >= 4 is 34.6 Å². The predicted octanol–water partition coefficient (Wildman–Crippen LogP) is 4.57. The molecule has 2 amide bonds. The number of non-ortho nitro benzene ring substituents is 1. The summed E-state index contributed by atoms with van der Waals surface area (Å²) in [6.07, 6.45) is 1.50. The van der Waals surface area contributed by atoms with Crippen molar-refractivity contribution in [2.24, 2.45) is 4.99 Å². The lowest BCUT2D eigenvalue weighted by Gasteiger charge is -2.16. The van der Waals surface area contributed by atoms with Crippen molar-refractivity contribution in [2.45, 2.75) is 25.3 Å². The van der Waals surface area contributed by atoms with Gasteiger partial charge in [-0.15, -0.1) is 0 Å². The largest absolute Gasteiger partial charge is 0.338 e. The van der Waals surface area contributed by atoms with E-state index < -0.39 is 10.8 Å². The van der Waals surface area contributed by atoms with Crippen LogP contribution in [-0.4, -0.2) is 33.9 Å². The molecule has 2 heterocycles. The van der Waals surface area contributed by atoms with E-state index in [4.69, 9.17) is 4.99 Å². The van der Waals surface area contributed by atoms with Gasteiger partial charge in [-0.25, -0.2) is 0 Å². The number of aliphatic imine (C=N–C) groups is 1. The second-order valence-electron chi connectivity index (χ2n) is 8.40. The number of anilines is 1. The Kier molecular flexibility index (Phi) is 5.63. The van der Waals surface area contributed by atoms with Crippen LogP contribution in [0.1, 0.15) is 35.4 Å². The van der Waals surface area contributed by atoms with Gasteiger partial charge in [0.1, 0.15) is 5.92 Å². The average molecular weight is 454 g/mol. The molecule has 170 valence electrons. The highest BCUT2D eigenvalue weighted by molar-refractivity contribution is 6.24. The molecule has 1 N–H and O–H groups in total.